The van der Waals surface area contributed by atoms with Crippen molar-refractivity contribution in [2.24, 2.45) is 5.92 Å². The molecule has 8 heteroatoms. The number of nitrogens with zero attached hydrogens (tertiary/aromatic N) is 1. The van der Waals surface area contributed by atoms with E-state index in [-0.39, 0.29) is 23.7 Å². The van der Waals surface area contributed by atoms with Crippen molar-refractivity contribution in [2.75, 3.05) is 6.61 Å². The van der Waals surface area contributed by atoms with E-state index in [0.717, 1.165) is 4.90 Å². The number of nitrogens with one attached hydrogen (secondary N) is 1. The third-order valence-electron chi connectivity index (χ3n) is 3.77. The second-order valence-corrected chi connectivity index (χ2v) is 6.27. The van der Waals surface area contributed by atoms with Crippen LogP contribution in [0.15, 0.2) is 24.3 Å². The van der Waals surface area contributed by atoms with Crippen LogP contribution in [-0.4, -0.2) is 46.7 Å². The average molecular weight is 367 g/mol. The van der Waals surface area contributed by atoms with Crippen LogP contribution in [0.5, 0.6) is 0 Å². The Labute approximate surface area is 150 Å². The summed E-state index contributed by atoms with van der Waals surface area (Å²) in [5, 5.41) is 2.30. The Balaban J connectivity index is 2.25. The molecule has 0 radical (unpaired) electrons. The van der Waals surface area contributed by atoms with Gasteiger partial charge in [0.25, 0.3) is 11.8 Å². The van der Waals surface area contributed by atoms with E-state index < -0.39 is 35.2 Å². The number of alkyl halides is 1. The molecule has 1 unspecified atom stereocenters. The molecule has 0 aromatic heterocycles. The number of hydrogen-bond donors (Lipinski definition) is 1. The quantitative estimate of drug-likeness (QED) is 0.357. The molecular weight excluding hydrogens is 348 g/mol. The highest BCUT2D eigenvalue weighted by Crippen LogP contribution is 2.27. The van der Waals surface area contributed by atoms with Crippen molar-refractivity contribution in [1.29, 1.82) is 0 Å². The van der Waals surface area contributed by atoms with Crippen LogP contribution in [0.2, 0.25) is 0 Å². The number of fused-ring (bicyclic) bond motifs is 1. The molecule has 7 nitrogen and oxygen atoms in total. The Hall–Kier alpha value is -2.41. The fourth-order valence-corrected chi connectivity index (χ4v) is 2.83. The van der Waals surface area contributed by atoms with E-state index in [1.165, 1.54) is 12.1 Å². The number of carbonyl (C=O) groups excluding carboxylic acids is 4. The second-order valence-electron chi connectivity index (χ2n) is 5.84. The lowest BCUT2D eigenvalue weighted by Gasteiger charge is -2.28. The summed E-state index contributed by atoms with van der Waals surface area (Å²) in [5.74, 6) is -2.97. The third-order valence-corrected chi connectivity index (χ3v) is 4.05. The van der Waals surface area contributed by atoms with Crippen molar-refractivity contribution in [3.63, 3.8) is 0 Å². The number of carbonyl (C=O) groups is 4. The topological polar surface area (TPSA) is 92.8 Å². The molecule has 134 valence electrons. The van der Waals surface area contributed by atoms with E-state index in [4.69, 9.17) is 16.3 Å². The zero-order chi connectivity index (χ0) is 18.7. The van der Waals surface area contributed by atoms with Gasteiger partial charge in [-0.25, -0.2) is 4.79 Å². The maximum Gasteiger partial charge on any atom is 0.344 e. The lowest BCUT2D eigenvalue weighted by atomic mass is 10.0. The molecule has 3 amide bonds. The van der Waals surface area contributed by atoms with Crippen LogP contribution in [0, 0.1) is 5.92 Å². The Morgan fingerprint density at radius 2 is 1.68 bits per heavy atom. The van der Waals surface area contributed by atoms with Crippen LogP contribution < -0.4 is 5.32 Å². The van der Waals surface area contributed by atoms with Gasteiger partial charge < -0.3 is 10.1 Å². The van der Waals surface area contributed by atoms with Crippen molar-refractivity contribution < 1.29 is 23.9 Å². The summed E-state index contributed by atoms with van der Waals surface area (Å²) < 4.78 is 4.73. The molecule has 0 bridgehead atoms. The first-order valence-corrected chi connectivity index (χ1v) is 8.31. The van der Waals surface area contributed by atoms with Gasteiger partial charge in [0.15, 0.2) is 0 Å². The molecule has 0 saturated carbocycles. The lowest BCUT2D eigenvalue weighted by Crippen LogP contribution is -2.54. The van der Waals surface area contributed by atoms with Crippen molar-refractivity contribution >= 4 is 35.3 Å². The molecule has 1 N–H and O–H groups in total. The van der Waals surface area contributed by atoms with Gasteiger partial charge in [-0.3, -0.25) is 19.3 Å². The van der Waals surface area contributed by atoms with Gasteiger partial charge in [-0.05, 0) is 25.0 Å². The monoisotopic (exact) mass is 366 g/mol. The van der Waals surface area contributed by atoms with Crippen LogP contribution in [0.1, 0.15) is 41.5 Å². The van der Waals surface area contributed by atoms with E-state index in [1.54, 1.807) is 32.9 Å². The highest BCUT2D eigenvalue weighted by atomic mass is 35.5. The highest BCUT2D eigenvalue weighted by Gasteiger charge is 2.44. The minimum atomic E-state index is -1.40. The number of ether oxygens (including phenoxy) is 1. The number of halogens is 1. The van der Waals surface area contributed by atoms with E-state index in [2.05, 4.69) is 5.32 Å². The first-order valence-electron chi connectivity index (χ1n) is 7.87. The maximum absolute atomic E-state index is 12.6. The molecule has 1 heterocycles. The number of hydrogen-bond acceptors (Lipinski definition) is 5. The summed E-state index contributed by atoms with van der Waals surface area (Å²) in [6, 6.07) is 5.27. The van der Waals surface area contributed by atoms with Crippen molar-refractivity contribution in [3.8, 4) is 0 Å². The standard InChI is InChI=1S/C17H19ClN2O5/c1-4-25-17(24)13(18)19-14(21)12(9(2)3)20-15(22)10-7-5-6-8-11(10)16(20)23/h5-9,12-13H,4H2,1-3H3,(H,19,21)/t12-,13?/m0/s1. The van der Waals surface area contributed by atoms with Crippen LogP contribution >= 0.6 is 11.6 Å². The highest BCUT2D eigenvalue weighted by molar-refractivity contribution is 6.30. The van der Waals surface area contributed by atoms with Gasteiger partial charge >= 0.3 is 5.97 Å². The zero-order valence-corrected chi connectivity index (χ0v) is 14.9. The van der Waals surface area contributed by atoms with Crippen LogP contribution in [0.3, 0.4) is 0 Å². The molecule has 25 heavy (non-hydrogen) atoms. The maximum atomic E-state index is 12.6. The number of benzene rings is 1. The van der Waals surface area contributed by atoms with E-state index >= 15 is 0 Å². The van der Waals surface area contributed by atoms with Gasteiger partial charge in [0.05, 0.1) is 17.7 Å². The Morgan fingerprint density at radius 3 is 2.12 bits per heavy atom. The second kappa shape index (κ2) is 7.65. The van der Waals surface area contributed by atoms with Crippen molar-refractivity contribution in [3.05, 3.63) is 35.4 Å². The van der Waals surface area contributed by atoms with Gasteiger partial charge in [-0.1, -0.05) is 37.6 Å². The van der Waals surface area contributed by atoms with E-state index in [0.29, 0.717) is 0 Å². The minimum absolute atomic E-state index is 0.115. The number of amides is 3. The fraction of sp³-hybridized carbons (Fsp3) is 0.412. The van der Waals surface area contributed by atoms with Gasteiger partial charge in [0.1, 0.15) is 6.04 Å². The lowest BCUT2D eigenvalue weighted by molar-refractivity contribution is -0.145. The smallest absolute Gasteiger partial charge is 0.344 e. The normalized spacial score (nSPS) is 15.8. The molecule has 0 spiro atoms. The van der Waals surface area contributed by atoms with Gasteiger partial charge in [0, 0.05) is 0 Å². The summed E-state index contributed by atoms with van der Waals surface area (Å²) in [4.78, 5) is 50.2. The Bertz CT molecular complexity index is 684. The molecular formula is C17H19ClN2O5. The van der Waals surface area contributed by atoms with Crippen LogP contribution in [0.4, 0.5) is 0 Å². The molecule has 0 saturated heterocycles. The van der Waals surface area contributed by atoms with Gasteiger partial charge in [-0.15, -0.1) is 0 Å². The number of rotatable bonds is 6. The molecule has 2 atom stereocenters. The van der Waals surface area contributed by atoms with Crippen LogP contribution in [0.25, 0.3) is 0 Å². The predicted molar refractivity (Wildman–Crippen MR) is 90.0 cm³/mol. The first-order chi connectivity index (χ1) is 11.8. The van der Waals surface area contributed by atoms with E-state index in [1.807, 2.05) is 0 Å². The molecule has 1 aliphatic rings. The third kappa shape index (κ3) is 3.66. The van der Waals surface area contributed by atoms with Crippen molar-refractivity contribution in [2.45, 2.75) is 32.3 Å². The molecule has 1 aromatic carbocycles. The van der Waals surface area contributed by atoms with Gasteiger partial charge in [0.2, 0.25) is 11.4 Å². The largest absolute Gasteiger partial charge is 0.464 e. The summed E-state index contributed by atoms with van der Waals surface area (Å²) in [6.45, 7) is 5.12. The summed E-state index contributed by atoms with van der Waals surface area (Å²) in [7, 11) is 0. The SMILES string of the molecule is CCOC(=O)C(Cl)NC(=O)[C@H](C(C)C)N1C(=O)c2ccccc2C1=O. The summed E-state index contributed by atoms with van der Waals surface area (Å²) in [6.07, 6.45) is 0. The number of esters is 1. The molecule has 0 fully saturated rings. The minimum Gasteiger partial charge on any atom is -0.464 e. The number of imide groups is 1. The summed E-state index contributed by atoms with van der Waals surface area (Å²) >= 11 is 5.83. The molecule has 2 rings (SSSR count). The summed E-state index contributed by atoms with van der Waals surface area (Å²) in [5.41, 5.74) is -0.901. The first kappa shape index (κ1) is 18.9. The fourth-order valence-electron chi connectivity index (χ4n) is 2.66. The van der Waals surface area contributed by atoms with Crippen LogP contribution in [-0.2, 0) is 14.3 Å². The Morgan fingerprint density at radius 1 is 1.16 bits per heavy atom. The molecule has 1 aliphatic heterocycles. The Kier molecular flexibility index (Phi) is 5.79. The van der Waals surface area contributed by atoms with E-state index in [9.17, 15) is 19.2 Å². The predicted octanol–water partition coefficient (Wildman–Crippen LogP) is 1.55. The molecule has 1 aromatic rings. The molecule has 0 aliphatic carbocycles. The van der Waals surface area contributed by atoms with Crippen molar-refractivity contribution in [1.82, 2.24) is 10.2 Å². The zero-order valence-electron chi connectivity index (χ0n) is 14.1. The average Bonchev–Trinajstić information content (AvgIpc) is 2.80. The van der Waals surface area contributed by atoms with Gasteiger partial charge in [-0.2, -0.15) is 0 Å².